The Morgan fingerprint density at radius 2 is 1.88 bits per heavy atom. The van der Waals surface area contributed by atoms with Gasteiger partial charge in [-0.25, -0.2) is 0 Å². The number of hydrogen-bond acceptors (Lipinski definition) is 3. The summed E-state index contributed by atoms with van der Waals surface area (Å²) in [6.45, 7) is 2.17. The number of rotatable bonds is 4. The van der Waals surface area contributed by atoms with Crippen LogP contribution in [0, 0.1) is 0 Å². The second kappa shape index (κ2) is 6.61. The smallest absolute Gasteiger partial charge is 0.268 e. The maximum absolute atomic E-state index is 12.7. The van der Waals surface area contributed by atoms with Crippen LogP contribution in [0.5, 0.6) is 0 Å². The predicted molar refractivity (Wildman–Crippen MR) is 99.0 cm³/mol. The van der Waals surface area contributed by atoms with Crippen molar-refractivity contribution >= 4 is 11.8 Å². The third-order valence-corrected chi connectivity index (χ3v) is 5.61. The van der Waals surface area contributed by atoms with Gasteiger partial charge in [-0.15, -0.1) is 0 Å². The van der Waals surface area contributed by atoms with E-state index in [1.165, 1.54) is 12.1 Å². The molecule has 2 heterocycles. The van der Waals surface area contributed by atoms with Gasteiger partial charge in [-0.1, -0.05) is 12.1 Å². The lowest BCUT2D eigenvalue weighted by Gasteiger charge is -2.46. The van der Waals surface area contributed by atoms with E-state index in [0.29, 0.717) is 12.1 Å². The summed E-state index contributed by atoms with van der Waals surface area (Å²) >= 11 is 0. The van der Waals surface area contributed by atoms with Crippen LogP contribution in [0.1, 0.15) is 51.4 Å². The zero-order valence-electron chi connectivity index (χ0n) is 15.0. The molecule has 6 heteroatoms. The normalized spacial score (nSPS) is 17.3. The van der Waals surface area contributed by atoms with Crippen LogP contribution in [-0.2, 0) is 18.6 Å². The average molecular weight is 352 g/mol. The summed E-state index contributed by atoms with van der Waals surface area (Å²) in [5.41, 5.74) is 3.65. The molecule has 2 aromatic rings. The van der Waals surface area contributed by atoms with Crippen molar-refractivity contribution in [1.82, 2.24) is 20.5 Å². The van der Waals surface area contributed by atoms with E-state index in [1.54, 1.807) is 19.2 Å². The molecular weight excluding hydrogens is 328 g/mol. The second-order valence-electron chi connectivity index (χ2n) is 7.08. The number of hydrogen-bond donors (Lipinski definition) is 3. The molecule has 0 radical (unpaired) electrons. The quantitative estimate of drug-likeness (QED) is 0.785. The van der Waals surface area contributed by atoms with Crippen molar-refractivity contribution in [2.24, 2.45) is 0 Å². The molecule has 0 atom stereocenters. The van der Waals surface area contributed by atoms with Crippen molar-refractivity contribution in [2.75, 3.05) is 13.6 Å². The third kappa shape index (κ3) is 2.80. The molecule has 1 aromatic carbocycles. The highest BCUT2D eigenvalue weighted by Crippen LogP contribution is 2.43. The molecule has 1 saturated carbocycles. The highest BCUT2D eigenvalue weighted by Gasteiger charge is 2.43. The van der Waals surface area contributed by atoms with Gasteiger partial charge in [0.25, 0.3) is 11.8 Å². The summed E-state index contributed by atoms with van der Waals surface area (Å²) in [4.78, 5) is 24.2. The van der Waals surface area contributed by atoms with Gasteiger partial charge >= 0.3 is 0 Å². The molecule has 136 valence electrons. The van der Waals surface area contributed by atoms with Crippen molar-refractivity contribution in [1.29, 1.82) is 0 Å². The molecule has 0 unspecified atom stereocenters. The van der Waals surface area contributed by atoms with Gasteiger partial charge in [0.1, 0.15) is 5.69 Å². The Hall–Kier alpha value is -2.60. The lowest BCUT2D eigenvalue weighted by Crippen LogP contribution is -2.54. The minimum absolute atomic E-state index is 0.0528. The Labute approximate surface area is 153 Å². The fraction of sp³-hybridized carbons (Fsp3) is 0.400. The average Bonchev–Trinajstić information content (AvgIpc) is 3.09. The SMILES string of the molecule is CNC(=O)c1ccc(CNC(=O)c2ccc3n2CCNC32CCC2)cc1. The van der Waals surface area contributed by atoms with Crippen molar-refractivity contribution in [2.45, 2.75) is 37.9 Å². The number of fused-ring (bicyclic) bond motifs is 2. The molecule has 4 rings (SSSR count). The van der Waals surface area contributed by atoms with Gasteiger partial charge in [0.05, 0.1) is 5.54 Å². The summed E-state index contributed by atoms with van der Waals surface area (Å²) in [6, 6.07) is 11.3. The molecule has 26 heavy (non-hydrogen) atoms. The van der Waals surface area contributed by atoms with E-state index in [0.717, 1.165) is 37.2 Å². The van der Waals surface area contributed by atoms with E-state index in [2.05, 4.69) is 26.6 Å². The number of nitrogens with zero attached hydrogens (tertiary/aromatic N) is 1. The van der Waals surface area contributed by atoms with Crippen LogP contribution in [0.4, 0.5) is 0 Å². The van der Waals surface area contributed by atoms with E-state index in [9.17, 15) is 9.59 Å². The number of aromatic nitrogens is 1. The zero-order valence-corrected chi connectivity index (χ0v) is 15.0. The van der Waals surface area contributed by atoms with Crippen molar-refractivity contribution < 1.29 is 9.59 Å². The van der Waals surface area contributed by atoms with Gasteiger partial charge in [-0.2, -0.15) is 0 Å². The van der Waals surface area contributed by atoms with Crippen LogP contribution < -0.4 is 16.0 Å². The fourth-order valence-electron chi connectivity index (χ4n) is 3.98. The van der Waals surface area contributed by atoms with E-state index in [1.807, 2.05) is 18.2 Å². The van der Waals surface area contributed by atoms with Crippen molar-refractivity contribution in [3.05, 3.63) is 58.9 Å². The first-order valence-corrected chi connectivity index (χ1v) is 9.17. The van der Waals surface area contributed by atoms with Crippen LogP contribution in [0.2, 0.25) is 0 Å². The molecule has 1 aliphatic carbocycles. The fourth-order valence-corrected chi connectivity index (χ4v) is 3.98. The predicted octanol–water partition coefficient (Wildman–Crippen LogP) is 1.76. The van der Waals surface area contributed by atoms with Gasteiger partial charge in [-0.05, 0) is 49.1 Å². The maximum atomic E-state index is 12.7. The molecular formula is C20H24N4O2. The zero-order chi connectivity index (χ0) is 18.1. The van der Waals surface area contributed by atoms with Crippen LogP contribution in [0.3, 0.4) is 0 Å². The molecule has 1 fully saturated rings. The number of amides is 2. The van der Waals surface area contributed by atoms with Crippen LogP contribution in [0.15, 0.2) is 36.4 Å². The number of nitrogens with one attached hydrogen (secondary N) is 3. The van der Waals surface area contributed by atoms with Crippen LogP contribution in [0.25, 0.3) is 0 Å². The Morgan fingerprint density at radius 1 is 1.12 bits per heavy atom. The Bertz CT molecular complexity index is 834. The first-order valence-electron chi connectivity index (χ1n) is 9.17. The maximum Gasteiger partial charge on any atom is 0.268 e. The number of carbonyl (C=O) groups excluding carboxylic acids is 2. The standard InChI is InChI=1S/C20H24N4O2/c1-21-18(25)15-5-3-14(4-6-15)13-22-19(26)16-7-8-17-20(9-2-10-20)23-11-12-24(16)17/h3-8,23H,2,9-13H2,1H3,(H,21,25)(H,22,26). The molecule has 0 bridgehead atoms. The second-order valence-corrected chi connectivity index (χ2v) is 7.08. The molecule has 3 N–H and O–H groups in total. The molecule has 2 aliphatic rings. The third-order valence-electron chi connectivity index (χ3n) is 5.61. The summed E-state index contributed by atoms with van der Waals surface area (Å²) in [5, 5.41) is 9.23. The van der Waals surface area contributed by atoms with E-state index < -0.39 is 0 Å². The van der Waals surface area contributed by atoms with Gasteiger partial charge in [0, 0.05) is 37.9 Å². The molecule has 2 amide bonds. The van der Waals surface area contributed by atoms with E-state index >= 15 is 0 Å². The first kappa shape index (κ1) is 16.8. The minimum atomic E-state index is -0.112. The molecule has 1 aromatic heterocycles. The highest BCUT2D eigenvalue weighted by molar-refractivity contribution is 5.94. The minimum Gasteiger partial charge on any atom is -0.355 e. The lowest BCUT2D eigenvalue weighted by atomic mass is 9.73. The summed E-state index contributed by atoms with van der Waals surface area (Å²) < 4.78 is 2.17. The molecule has 1 aliphatic heterocycles. The van der Waals surface area contributed by atoms with Gasteiger partial charge < -0.3 is 20.5 Å². The topological polar surface area (TPSA) is 75.2 Å². The number of carbonyl (C=O) groups is 2. The monoisotopic (exact) mass is 352 g/mol. The van der Waals surface area contributed by atoms with Crippen LogP contribution in [-0.4, -0.2) is 30.0 Å². The Balaban J connectivity index is 1.44. The first-order chi connectivity index (χ1) is 12.6. The van der Waals surface area contributed by atoms with Gasteiger partial charge in [0.15, 0.2) is 0 Å². The van der Waals surface area contributed by atoms with Gasteiger partial charge in [-0.3, -0.25) is 9.59 Å². The lowest BCUT2D eigenvalue weighted by molar-refractivity contribution is 0.0931. The van der Waals surface area contributed by atoms with E-state index in [-0.39, 0.29) is 17.4 Å². The largest absolute Gasteiger partial charge is 0.355 e. The van der Waals surface area contributed by atoms with E-state index in [4.69, 9.17) is 0 Å². The summed E-state index contributed by atoms with van der Waals surface area (Å²) in [7, 11) is 1.61. The molecule has 6 nitrogen and oxygen atoms in total. The Morgan fingerprint density at radius 3 is 2.54 bits per heavy atom. The molecule has 1 spiro atoms. The Kier molecular flexibility index (Phi) is 4.28. The molecule has 0 saturated heterocycles. The number of benzene rings is 1. The van der Waals surface area contributed by atoms with Crippen molar-refractivity contribution in [3.63, 3.8) is 0 Å². The van der Waals surface area contributed by atoms with Gasteiger partial charge in [0.2, 0.25) is 0 Å². The highest BCUT2D eigenvalue weighted by atomic mass is 16.2. The summed E-state index contributed by atoms with van der Waals surface area (Å²) in [6.07, 6.45) is 3.54. The summed E-state index contributed by atoms with van der Waals surface area (Å²) in [5.74, 6) is -0.165. The van der Waals surface area contributed by atoms with Crippen molar-refractivity contribution in [3.8, 4) is 0 Å². The van der Waals surface area contributed by atoms with Crippen LogP contribution >= 0.6 is 0 Å².